The number of ether oxygens (including phenoxy) is 5. The van der Waals surface area contributed by atoms with Crippen LogP contribution in [0.1, 0.15) is 145 Å². The van der Waals surface area contributed by atoms with E-state index in [-0.39, 0.29) is 48.6 Å². The Balaban J connectivity index is 0.000000107. The minimum atomic E-state index is -0.896. The number of nitrogens with zero attached hydrogens (tertiary/aromatic N) is 17. The number of aryl methyl sites for hydroxylation is 6. The fourth-order valence-electron chi connectivity index (χ4n) is 21.3. The van der Waals surface area contributed by atoms with E-state index in [0.717, 1.165) is 139 Å². The van der Waals surface area contributed by atoms with Crippen molar-refractivity contribution in [2.45, 2.75) is 215 Å². The molecule has 4 saturated heterocycles. The first-order chi connectivity index (χ1) is 59.0. The quantitative estimate of drug-likeness (QED) is 0.0532. The molecule has 20 atom stereocenters. The zero-order valence-corrected chi connectivity index (χ0v) is 68.5. The summed E-state index contributed by atoms with van der Waals surface area (Å²) in [6.07, 6.45) is 27.7. The van der Waals surface area contributed by atoms with Crippen molar-refractivity contribution in [2.24, 2.45) is 21.7 Å². The molecule has 5 aliphatic heterocycles. The van der Waals surface area contributed by atoms with Crippen molar-refractivity contribution in [1.29, 1.82) is 0 Å². The summed E-state index contributed by atoms with van der Waals surface area (Å²) < 4.78 is 39.8. The first-order valence-electron chi connectivity index (χ1n) is 42.2. The molecule has 20 unspecified atom stereocenters. The van der Waals surface area contributed by atoms with Crippen LogP contribution in [0.5, 0.6) is 0 Å². The van der Waals surface area contributed by atoms with Gasteiger partial charge >= 0.3 is 0 Å². The molecule has 13 aromatic rings. The van der Waals surface area contributed by atoms with Gasteiger partial charge in [0.05, 0.1) is 129 Å². The smallest absolute Gasteiger partial charge is 0.143 e. The Morgan fingerprint density at radius 1 is 0.410 bits per heavy atom. The minimum absolute atomic E-state index is 0.0213. The van der Waals surface area contributed by atoms with Crippen LogP contribution in [0.25, 0.3) is 49.8 Å². The van der Waals surface area contributed by atoms with E-state index < -0.39 is 70.5 Å². The third-order valence-electron chi connectivity index (χ3n) is 28.1. The van der Waals surface area contributed by atoms with Crippen LogP contribution in [0.15, 0.2) is 154 Å². The van der Waals surface area contributed by atoms with E-state index in [1.807, 2.05) is 130 Å². The molecule has 22 rings (SSSR count). The summed E-state index contributed by atoms with van der Waals surface area (Å²) in [5.74, 6) is 1.85. The largest absolute Gasteiger partial charge is 0.390 e. The van der Waals surface area contributed by atoms with Gasteiger partial charge in [-0.3, -0.25) is 0 Å². The zero-order valence-electron chi connectivity index (χ0n) is 68.5. The molecule has 13 N–H and O–H groups in total. The van der Waals surface area contributed by atoms with E-state index in [1.54, 1.807) is 43.4 Å². The third kappa shape index (κ3) is 14.9. The molecule has 33 nitrogen and oxygen atoms in total. The van der Waals surface area contributed by atoms with Crippen molar-refractivity contribution in [3.63, 3.8) is 0 Å². The zero-order chi connectivity index (χ0) is 84.1. The van der Waals surface area contributed by atoms with Crippen LogP contribution in [0, 0.1) is 49.4 Å². The molecular weight excluding hydrogens is 1560 g/mol. The molecule has 33 heteroatoms. The van der Waals surface area contributed by atoms with E-state index in [0.29, 0.717) is 96.3 Å². The van der Waals surface area contributed by atoms with Gasteiger partial charge in [-0.15, -0.1) is 0 Å². The predicted molar refractivity (Wildman–Crippen MR) is 448 cm³/mol. The molecule has 122 heavy (non-hydrogen) atoms. The lowest BCUT2D eigenvalue weighted by Gasteiger charge is -2.26. The molecule has 9 aliphatic rings. The van der Waals surface area contributed by atoms with Gasteiger partial charge in [0.1, 0.15) is 102 Å². The van der Waals surface area contributed by atoms with E-state index >= 15 is 0 Å². The van der Waals surface area contributed by atoms with E-state index in [4.69, 9.17) is 35.2 Å². The maximum atomic E-state index is 11.1. The van der Waals surface area contributed by atoms with Gasteiger partial charge in [-0.1, -0.05) is 12.1 Å². The highest BCUT2D eigenvalue weighted by Gasteiger charge is 2.61. The van der Waals surface area contributed by atoms with Crippen molar-refractivity contribution in [1.82, 2.24) is 82.5 Å². The molecular formula is C89H104N20O13. The van der Waals surface area contributed by atoms with E-state index in [9.17, 15) is 40.9 Å². The minimum Gasteiger partial charge on any atom is -0.390 e. The number of nitrogens with two attached hydrogens (primary N) is 2. The Kier molecular flexibility index (Phi) is 21.7. The number of nitrogens with one attached hydrogen (secondary N) is 1. The summed E-state index contributed by atoms with van der Waals surface area (Å²) in [7, 11) is 0. The number of aliphatic hydroxyl groups is 8. The Hall–Kier alpha value is -10.5. The topological polar surface area (TPSA) is 451 Å². The first kappa shape index (κ1) is 81.2. The summed E-state index contributed by atoms with van der Waals surface area (Å²) in [5.41, 5.74) is 22.6. The number of anilines is 3. The Labute approximate surface area is 702 Å². The number of aromatic nitrogens is 17. The molecule has 0 amide bonds. The van der Waals surface area contributed by atoms with Crippen molar-refractivity contribution >= 4 is 67.2 Å². The SMILES string of the molecule is Cc1ncnc2c1ccn2C1CC2(COC(CCc3ccc(N)nc3)C2)C(O)C1O.Cc1ncnc2c1ccn2C1CC2(COC(CCc3ccn4ccnc4c3)C2)C(O)C1O.Cc1ncnc2c1ccn2C1CC2(COC(Cc3ccc(N)nc3)C2)C(O)C1O.Cc1ncnc2c1ccn2C1CC2(COC(c3cnc4c(c3)COCN4)C2)C(O)C1O. The van der Waals surface area contributed by atoms with Crippen LogP contribution in [0.2, 0.25) is 0 Å². The molecule has 8 fully saturated rings. The molecule has 0 bridgehead atoms. The summed E-state index contributed by atoms with van der Waals surface area (Å²) in [6, 6.07) is 20.7. The molecule has 638 valence electrons. The van der Waals surface area contributed by atoms with Crippen molar-refractivity contribution in [2.75, 3.05) is 49.9 Å². The van der Waals surface area contributed by atoms with Crippen LogP contribution >= 0.6 is 0 Å². The van der Waals surface area contributed by atoms with Gasteiger partial charge in [-0.25, -0.2) is 59.8 Å². The lowest BCUT2D eigenvalue weighted by molar-refractivity contribution is -0.0309. The molecule has 18 heterocycles. The third-order valence-corrected chi connectivity index (χ3v) is 28.1. The maximum Gasteiger partial charge on any atom is 0.143 e. The number of hydrogen-bond donors (Lipinski definition) is 11. The summed E-state index contributed by atoms with van der Waals surface area (Å²) in [5, 5.41) is 94.8. The summed E-state index contributed by atoms with van der Waals surface area (Å²) in [4.78, 5) is 51.8. The van der Waals surface area contributed by atoms with Crippen molar-refractivity contribution < 1.29 is 64.5 Å². The van der Waals surface area contributed by atoms with E-state index in [1.165, 1.54) is 18.2 Å². The van der Waals surface area contributed by atoms with Crippen LogP contribution < -0.4 is 16.8 Å². The van der Waals surface area contributed by atoms with E-state index in [2.05, 4.69) is 83.3 Å². The second kappa shape index (κ2) is 32.6. The fraction of sp³-hybridized carbons (Fsp3) is 0.483. The fourth-order valence-corrected chi connectivity index (χ4v) is 21.3. The van der Waals surface area contributed by atoms with Gasteiger partial charge in [0, 0.05) is 117 Å². The van der Waals surface area contributed by atoms with Crippen molar-refractivity contribution in [3.05, 3.63) is 205 Å². The highest BCUT2D eigenvalue weighted by molar-refractivity contribution is 5.81. The monoisotopic (exact) mass is 1660 g/mol. The lowest BCUT2D eigenvalue weighted by atomic mass is 9.80. The van der Waals surface area contributed by atoms with Gasteiger partial charge in [-0.05, 0) is 182 Å². The van der Waals surface area contributed by atoms with Gasteiger partial charge in [-0.2, -0.15) is 0 Å². The average molecular weight is 1660 g/mol. The van der Waals surface area contributed by atoms with Gasteiger partial charge in [0.25, 0.3) is 0 Å². The number of aliphatic hydroxyl groups excluding tert-OH is 8. The van der Waals surface area contributed by atoms with Crippen LogP contribution in [0.4, 0.5) is 17.5 Å². The van der Waals surface area contributed by atoms with Crippen LogP contribution in [0.3, 0.4) is 0 Å². The average Bonchev–Trinajstić information content (AvgIpc) is 1.59. The first-order valence-corrected chi connectivity index (χ1v) is 42.2. The number of nitrogen functional groups attached to an aromatic ring is 2. The molecule has 0 aromatic carbocycles. The van der Waals surface area contributed by atoms with Gasteiger partial charge in [0.2, 0.25) is 0 Å². The van der Waals surface area contributed by atoms with Gasteiger partial charge in [0.15, 0.2) is 0 Å². The number of fused-ring (bicyclic) bond motifs is 6. The lowest BCUT2D eigenvalue weighted by Crippen LogP contribution is -2.37. The highest BCUT2D eigenvalue weighted by atomic mass is 16.5. The molecule has 4 aliphatic carbocycles. The molecule has 0 radical (unpaired) electrons. The van der Waals surface area contributed by atoms with Crippen molar-refractivity contribution in [3.8, 4) is 0 Å². The normalized spacial score (nSPS) is 31.4. The van der Waals surface area contributed by atoms with Gasteiger partial charge < -0.3 is 104 Å². The number of imidazole rings is 1. The Morgan fingerprint density at radius 3 is 1.28 bits per heavy atom. The summed E-state index contributed by atoms with van der Waals surface area (Å²) >= 11 is 0. The summed E-state index contributed by atoms with van der Waals surface area (Å²) in [6.45, 7) is 10.5. The number of rotatable bonds is 13. The number of pyridine rings is 4. The maximum absolute atomic E-state index is 11.1. The number of hydrogen-bond acceptors (Lipinski definition) is 28. The second-order valence-corrected chi connectivity index (χ2v) is 35.5. The molecule has 13 aromatic heterocycles. The Bertz CT molecular complexity index is 5950. The Morgan fingerprint density at radius 2 is 0.828 bits per heavy atom. The second-order valence-electron chi connectivity index (χ2n) is 35.5. The van der Waals surface area contributed by atoms with Crippen LogP contribution in [-0.4, -0.2) is 224 Å². The standard InChI is InChI=1S/C24H27N5O3.C22H25N5O4.C22H27N5O3.C21H25N5O3/c1-15-18-5-8-29(23(18)27-14-26-15)19-12-24(22(31)21(19)30)11-17(32-13-24)3-2-16-4-7-28-9-6-25-20(28)10-16;1-12-15-2-3-27(21(15)25-10-24-12)16-5-22(19(29)18(16)28)6-17(31-9-22)13-4-14-8-30-11-26-20(14)23-7-13;1-13-16-6-7-27(21(16)26-12-25-13)17-9-22(20(29)19(17)28)8-15(30-11-22)4-2-14-3-5-18(23)24-10-14;1-12-15-4-5-26(20(15)25-11-24-12)16-8-21(19(28)18(16)27)7-14(29-10-21)6-13-2-3-17(22)23-9-13/h4-10,14,17,19,21-22,30-31H,2-3,11-13H2,1H3;2-4,7,10,16-19,28-29H,5-6,8-9,11H2,1H3,(H,23,26);3,5-7,10,12,15,17,19-20,28-29H,2,4,8-9,11H2,1H3,(H2,23,24);2-5,9,11,14,16,18-19,27-28H,6-8,10H2,1H3,(H2,22,23). The molecule has 4 saturated carbocycles. The highest BCUT2D eigenvalue weighted by Crippen LogP contribution is 2.58. The van der Waals surface area contributed by atoms with Crippen LogP contribution in [-0.2, 0) is 49.6 Å². The predicted octanol–water partition coefficient (Wildman–Crippen LogP) is 7.50. The molecule has 4 spiro atoms.